The van der Waals surface area contributed by atoms with E-state index in [9.17, 15) is 0 Å². The van der Waals surface area contributed by atoms with Crippen molar-refractivity contribution in [1.29, 1.82) is 0 Å². The van der Waals surface area contributed by atoms with Gasteiger partial charge in [0.1, 0.15) is 5.82 Å². The number of benzene rings is 7. The summed E-state index contributed by atoms with van der Waals surface area (Å²) in [5, 5.41) is 0. The first-order valence-electron chi connectivity index (χ1n) is 15.9. The Hall–Kier alpha value is -5.99. The Morgan fingerprint density at radius 2 is 0.957 bits per heavy atom. The summed E-state index contributed by atoms with van der Waals surface area (Å²) >= 11 is 0. The number of hydrogen-bond acceptors (Lipinski definition) is 1. The van der Waals surface area contributed by atoms with Gasteiger partial charge in [-0.25, -0.2) is 4.98 Å². The molecule has 2 nitrogen and oxygen atoms in total. The molecular formula is C44H28N2. The van der Waals surface area contributed by atoms with Crippen LogP contribution < -0.4 is 0 Å². The standard InChI is InChI=1S/C44H28N2/c1-3-14-29(15-4-1)43-45-40-28-30(26-27-41(40)46(43)31-16-5-2-6-17-31)32-21-13-25-39-42(32)35-20-9-12-24-38(35)44(39)36-22-10-7-18-33(36)34-19-8-11-23-37(34)44/h1-28H. The molecule has 7 aromatic carbocycles. The molecule has 0 unspecified atom stereocenters. The second-order valence-corrected chi connectivity index (χ2v) is 12.3. The van der Waals surface area contributed by atoms with Gasteiger partial charge in [0.25, 0.3) is 0 Å². The van der Waals surface area contributed by atoms with Crippen molar-refractivity contribution < 1.29 is 0 Å². The quantitative estimate of drug-likeness (QED) is 0.202. The van der Waals surface area contributed by atoms with Crippen molar-refractivity contribution in [1.82, 2.24) is 9.55 Å². The smallest absolute Gasteiger partial charge is 0.145 e. The van der Waals surface area contributed by atoms with Gasteiger partial charge < -0.3 is 0 Å². The van der Waals surface area contributed by atoms with Gasteiger partial charge >= 0.3 is 0 Å². The minimum Gasteiger partial charge on any atom is -0.292 e. The molecule has 0 aliphatic heterocycles. The van der Waals surface area contributed by atoms with Gasteiger partial charge in [-0.15, -0.1) is 0 Å². The summed E-state index contributed by atoms with van der Waals surface area (Å²) in [6.07, 6.45) is 0. The summed E-state index contributed by atoms with van der Waals surface area (Å²) in [7, 11) is 0. The lowest BCUT2D eigenvalue weighted by Crippen LogP contribution is -2.25. The Bertz CT molecular complexity index is 2420. The summed E-state index contributed by atoms with van der Waals surface area (Å²) in [5.74, 6) is 0.945. The molecule has 1 spiro atoms. The van der Waals surface area contributed by atoms with Crippen molar-refractivity contribution in [2.24, 2.45) is 0 Å². The van der Waals surface area contributed by atoms with Gasteiger partial charge in [-0.2, -0.15) is 0 Å². The van der Waals surface area contributed by atoms with Crippen LogP contribution in [0.15, 0.2) is 170 Å². The van der Waals surface area contributed by atoms with Crippen molar-refractivity contribution in [3.05, 3.63) is 192 Å². The normalized spacial score (nSPS) is 13.4. The third-order valence-corrected chi connectivity index (χ3v) is 10.0. The summed E-state index contributed by atoms with van der Waals surface area (Å²) in [6.45, 7) is 0. The summed E-state index contributed by atoms with van der Waals surface area (Å²) in [4.78, 5) is 5.28. The van der Waals surface area contributed by atoms with Crippen molar-refractivity contribution in [3.63, 3.8) is 0 Å². The number of fused-ring (bicyclic) bond motifs is 11. The highest BCUT2D eigenvalue weighted by atomic mass is 15.1. The minimum atomic E-state index is -0.353. The Kier molecular flexibility index (Phi) is 5.24. The molecule has 0 atom stereocenters. The minimum absolute atomic E-state index is 0.353. The van der Waals surface area contributed by atoms with Gasteiger partial charge in [0.2, 0.25) is 0 Å². The Morgan fingerprint density at radius 3 is 1.65 bits per heavy atom. The van der Waals surface area contributed by atoms with E-state index in [1.54, 1.807) is 0 Å². The zero-order chi connectivity index (χ0) is 30.2. The van der Waals surface area contributed by atoms with E-state index in [1.165, 1.54) is 55.6 Å². The van der Waals surface area contributed by atoms with Crippen LogP contribution in [0.25, 0.3) is 61.5 Å². The molecule has 10 rings (SSSR count). The highest BCUT2D eigenvalue weighted by molar-refractivity contribution is 6.01. The zero-order valence-corrected chi connectivity index (χ0v) is 25.1. The van der Waals surface area contributed by atoms with Crippen LogP contribution in [0.4, 0.5) is 0 Å². The Balaban J connectivity index is 1.24. The molecule has 1 aromatic heterocycles. The predicted molar refractivity (Wildman–Crippen MR) is 188 cm³/mol. The van der Waals surface area contributed by atoms with Crippen molar-refractivity contribution >= 4 is 11.0 Å². The maximum absolute atomic E-state index is 5.28. The van der Waals surface area contributed by atoms with Crippen molar-refractivity contribution in [2.45, 2.75) is 5.41 Å². The summed E-state index contributed by atoms with van der Waals surface area (Å²) in [5.41, 5.74) is 17.0. The first-order valence-corrected chi connectivity index (χ1v) is 15.9. The molecule has 0 N–H and O–H groups in total. The average Bonchev–Trinajstić information content (AvgIpc) is 3.76. The molecule has 214 valence electrons. The molecule has 46 heavy (non-hydrogen) atoms. The molecule has 0 fully saturated rings. The van der Waals surface area contributed by atoms with Gasteiger partial charge in [0.05, 0.1) is 16.4 Å². The fourth-order valence-electron chi connectivity index (χ4n) is 8.25. The van der Waals surface area contributed by atoms with E-state index in [0.29, 0.717) is 0 Å². The molecule has 0 bridgehead atoms. The van der Waals surface area contributed by atoms with E-state index in [0.717, 1.165) is 28.1 Å². The largest absolute Gasteiger partial charge is 0.292 e. The highest BCUT2D eigenvalue weighted by Crippen LogP contribution is 2.63. The summed E-state index contributed by atoms with van der Waals surface area (Å²) < 4.78 is 2.28. The molecule has 2 aliphatic carbocycles. The van der Waals surface area contributed by atoms with Gasteiger partial charge in [-0.1, -0.05) is 146 Å². The molecule has 2 aliphatic rings. The zero-order valence-electron chi connectivity index (χ0n) is 25.1. The van der Waals surface area contributed by atoms with Gasteiger partial charge in [-0.05, 0) is 79.9 Å². The van der Waals surface area contributed by atoms with Crippen LogP contribution in [0, 0.1) is 0 Å². The van der Waals surface area contributed by atoms with Crippen LogP contribution in [0.5, 0.6) is 0 Å². The molecule has 0 amide bonds. The first-order chi connectivity index (χ1) is 22.8. The lowest BCUT2D eigenvalue weighted by Gasteiger charge is -2.30. The van der Waals surface area contributed by atoms with Crippen LogP contribution in [0.1, 0.15) is 22.3 Å². The number of para-hydroxylation sites is 1. The fourth-order valence-corrected chi connectivity index (χ4v) is 8.25. The molecule has 0 radical (unpaired) electrons. The second kappa shape index (κ2) is 9.50. The van der Waals surface area contributed by atoms with Crippen molar-refractivity contribution in [2.75, 3.05) is 0 Å². The first kappa shape index (κ1) is 25.3. The van der Waals surface area contributed by atoms with Gasteiger partial charge in [0, 0.05) is 11.3 Å². The second-order valence-electron chi connectivity index (χ2n) is 12.3. The maximum atomic E-state index is 5.28. The predicted octanol–water partition coefficient (Wildman–Crippen LogP) is 10.7. The van der Waals surface area contributed by atoms with Crippen LogP contribution in [-0.4, -0.2) is 9.55 Å². The van der Waals surface area contributed by atoms with E-state index in [-0.39, 0.29) is 5.41 Å². The van der Waals surface area contributed by atoms with E-state index in [1.807, 2.05) is 0 Å². The average molecular weight is 585 g/mol. The number of hydrogen-bond donors (Lipinski definition) is 0. The van der Waals surface area contributed by atoms with E-state index in [4.69, 9.17) is 4.98 Å². The SMILES string of the molecule is c1ccc(-c2nc3cc(-c4cccc5c4-c4ccccc4C54c5ccccc5-c5ccccc54)ccc3n2-c2ccccc2)cc1. The van der Waals surface area contributed by atoms with Crippen LogP contribution in [0.3, 0.4) is 0 Å². The molecule has 2 heteroatoms. The number of aromatic nitrogens is 2. The third-order valence-electron chi connectivity index (χ3n) is 10.0. The van der Waals surface area contributed by atoms with Gasteiger partial charge in [0.15, 0.2) is 0 Å². The molecule has 1 heterocycles. The van der Waals surface area contributed by atoms with Crippen molar-refractivity contribution in [3.8, 4) is 50.5 Å². The Morgan fingerprint density at radius 1 is 0.413 bits per heavy atom. The number of rotatable bonds is 3. The van der Waals surface area contributed by atoms with Crippen LogP contribution in [-0.2, 0) is 5.41 Å². The molecule has 0 saturated heterocycles. The fraction of sp³-hybridized carbons (Fsp3) is 0.0227. The molecular weight excluding hydrogens is 556 g/mol. The van der Waals surface area contributed by atoms with Gasteiger partial charge in [-0.3, -0.25) is 4.57 Å². The number of nitrogens with zero attached hydrogens (tertiary/aromatic N) is 2. The lowest BCUT2D eigenvalue weighted by atomic mass is 9.70. The summed E-state index contributed by atoms with van der Waals surface area (Å²) in [6, 6.07) is 61.7. The Labute approximate surface area is 267 Å². The maximum Gasteiger partial charge on any atom is 0.145 e. The molecule has 0 saturated carbocycles. The topological polar surface area (TPSA) is 17.8 Å². The number of imidazole rings is 1. The van der Waals surface area contributed by atoms with E-state index in [2.05, 4.69) is 174 Å². The van der Waals surface area contributed by atoms with Crippen LogP contribution >= 0.6 is 0 Å². The van der Waals surface area contributed by atoms with E-state index < -0.39 is 0 Å². The third kappa shape index (κ3) is 3.28. The lowest BCUT2D eigenvalue weighted by molar-refractivity contribution is 0.794. The monoisotopic (exact) mass is 584 g/mol. The van der Waals surface area contributed by atoms with Crippen LogP contribution in [0.2, 0.25) is 0 Å². The van der Waals surface area contributed by atoms with E-state index >= 15 is 0 Å². The highest BCUT2D eigenvalue weighted by Gasteiger charge is 2.51. The molecule has 8 aromatic rings.